The van der Waals surface area contributed by atoms with Gasteiger partial charge in [0, 0.05) is 43.9 Å². The molecule has 6 heteroatoms. The summed E-state index contributed by atoms with van der Waals surface area (Å²) in [4.78, 5) is 15.6. The molecule has 0 saturated carbocycles. The van der Waals surface area contributed by atoms with Crippen LogP contribution in [0.1, 0.15) is 5.56 Å². The monoisotopic (exact) mass is 817 g/mol. The summed E-state index contributed by atoms with van der Waals surface area (Å²) in [5, 5.41) is 14.0. The second kappa shape index (κ2) is 15.2. The number of nitrogens with zero attached hydrogens (tertiary/aromatic N) is 5. The minimum absolute atomic E-state index is 0.527. The molecule has 0 aliphatic heterocycles. The number of para-hydroxylation sites is 2. The van der Waals surface area contributed by atoms with Crippen molar-refractivity contribution >= 4 is 43.7 Å². The van der Waals surface area contributed by atoms with Gasteiger partial charge >= 0.3 is 0 Å². The highest BCUT2D eigenvalue weighted by atomic mass is 16.3. The zero-order valence-electron chi connectivity index (χ0n) is 34.4. The van der Waals surface area contributed by atoms with Gasteiger partial charge in [0.1, 0.15) is 11.2 Å². The second-order valence-electron chi connectivity index (χ2n) is 15.9. The number of furan rings is 1. The van der Waals surface area contributed by atoms with Crippen molar-refractivity contribution in [2.24, 2.45) is 0 Å². The van der Waals surface area contributed by atoms with Crippen LogP contribution in [-0.4, -0.2) is 19.5 Å². The predicted molar refractivity (Wildman–Crippen MR) is 259 cm³/mol. The van der Waals surface area contributed by atoms with E-state index in [1.807, 2.05) is 66.7 Å². The topological polar surface area (TPSA) is 80.5 Å². The van der Waals surface area contributed by atoms with E-state index >= 15 is 0 Å². The van der Waals surface area contributed by atoms with Crippen LogP contribution in [0.5, 0.6) is 0 Å². The number of benzene rings is 9. The van der Waals surface area contributed by atoms with Crippen LogP contribution in [0, 0.1) is 11.3 Å². The van der Waals surface area contributed by atoms with Gasteiger partial charge in [0.15, 0.2) is 17.5 Å². The summed E-state index contributed by atoms with van der Waals surface area (Å²) in [6, 6.07) is 75.1. The molecular formula is C58H35N5O. The Morgan fingerprint density at radius 1 is 0.375 bits per heavy atom. The van der Waals surface area contributed by atoms with E-state index in [2.05, 4.69) is 156 Å². The lowest BCUT2D eigenvalue weighted by atomic mass is 9.96. The molecule has 0 aliphatic carbocycles. The molecule has 0 fully saturated rings. The minimum Gasteiger partial charge on any atom is -0.456 e. The van der Waals surface area contributed by atoms with Crippen molar-refractivity contribution in [1.29, 1.82) is 5.26 Å². The molecule has 3 aromatic heterocycles. The first-order valence-corrected chi connectivity index (χ1v) is 21.2. The van der Waals surface area contributed by atoms with Gasteiger partial charge in [-0.1, -0.05) is 146 Å². The van der Waals surface area contributed by atoms with E-state index in [0.717, 1.165) is 88.6 Å². The summed E-state index contributed by atoms with van der Waals surface area (Å²) in [5.74, 6) is 1.61. The quantitative estimate of drug-likeness (QED) is 0.160. The number of rotatable bonds is 7. The van der Waals surface area contributed by atoms with Crippen molar-refractivity contribution in [1.82, 2.24) is 19.5 Å². The third-order valence-corrected chi connectivity index (χ3v) is 12.1. The first kappa shape index (κ1) is 36.9. The number of fused-ring (bicyclic) bond motifs is 6. The maximum absolute atomic E-state index is 9.65. The molecule has 9 aromatic carbocycles. The zero-order valence-corrected chi connectivity index (χ0v) is 34.4. The van der Waals surface area contributed by atoms with Crippen LogP contribution in [-0.2, 0) is 0 Å². The van der Waals surface area contributed by atoms with Crippen LogP contribution in [0.4, 0.5) is 0 Å². The maximum atomic E-state index is 9.65. The van der Waals surface area contributed by atoms with Crippen LogP contribution in [0.15, 0.2) is 217 Å². The highest BCUT2D eigenvalue weighted by Crippen LogP contribution is 2.40. The molecule has 0 spiro atoms. The Morgan fingerprint density at radius 2 is 0.922 bits per heavy atom. The third-order valence-electron chi connectivity index (χ3n) is 12.1. The first-order chi connectivity index (χ1) is 31.6. The largest absolute Gasteiger partial charge is 0.456 e. The molecule has 298 valence electrons. The van der Waals surface area contributed by atoms with Gasteiger partial charge in [-0.25, -0.2) is 15.0 Å². The molecule has 0 amide bonds. The van der Waals surface area contributed by atoms with Crippen molar-refractivity contribution in [2.75, 3.05) is 0 Å². The Kier molecular flexibility index (Phi) is 8.77. The Morgan fingerprint density at radius 3 is 1.69 bits per heavy atom. The van der Waals surface area contributed by atoms with Crippen LogP contribution >= 0.6 is 0 Å². The molecule has 0 unspecified atom stereocenters. The van der Waals surface area contributed by atoms with Gasteiger partial charge in [0.2, 0.25) is 0 Å². The molecule has 0 N–H and O–H groups in total. The Labute approximate surface area is 368 Å². The number of hydrogen-bond acceptors (Lipinski definition) is 5. The van der Waals surface area contributed by atoms with Gasteiger partial charge < -0.3 is 8.98 Å². The molecule has 0 radical (unpaired) electrons. The number of aromatic nitrogens is 4. The fourth-order valence-electron chi connectivity index (χ4n) is 9.04. The van der Waals surface area contributed by atoms with Crippen LogP contribution in [0.3, 0.4) is 0 Å². The molecule has 12 rings (SSSR count). The van der Waals surface area contributed by atoms with Gasteiger partial charge in [-0.3, -0.25) is 0 Å². The van der Waals surface area contributed by atoms with Gasteiger partial charge in [0.25, 0.3) is 0 Å². The standard InChI is InChI=1S/C58H35N5O/c59-36-37-13-9-16-39(31-37)41-18-11-20-43(33-41)56-60-57(44-27-29-49-48-23-7-8-25-51(48)63(52(49)34-44)46-21-5-2-6-22-46)62-58(61-56)45-28-30-50-54(35-45)64-53-26-12-24-47(55(50)53)42-19-10-17-40(32-42)38-14-3-1-4-15-38/h1-35H. The fraction of sp³-hybridized carbons (Fsp3) is 0. The molecule has 0 aliphatic rings. The summed E-state index contributed by atoms with van der Waals surface area (Å²) in [6.07, 6.45) is 0. The van der Waals surface area contributed by atoms with Gasteiger partial charge in [-0.15, -0.1) is 0 Å². The van der Waals surface area contributed by atoms with Crippen molar-refractivity contribution in [3.05, 3.63) is 218 Å². The summed E-state index contributed by atoms with van der Waals surface area (Å²) in [5.41, 5.74) is 14.4. The van der Waals surface area contributed by atoms with Crippen LogP contribution in [0.2, 0.25) is 0 Å². The van der Waals surface area contributed by atoms with Crippen LogP contribution < -0.4 is 0 Å². The van der Waals surface area contributed by atoms with Crippen molar-refractivity contribution in [2.45, 2.75) is 0 Å². The van der Waals surface area contributed by atoms with Crippen molar-refractivity contribution < 1.29 is 4.42 Å². The summed E-state index contributed by atoms with van der Waals surface area (Å²) >= 11 is 0. The number of hydrogen-bond donors (Lipinski definition) is 0. The third kappa shape index (κ3) is 6.39. The smallest absolute Gasteiger partial charge is 0.164 e. The molecule has 0 bridgehead atoms. The number of nitriles is 1. The molecule has 64 heavy (non-hydrogen) atoms. The van der Waals surface area contributed by atoms with Crippen molar-refractivity contribution in [3.63, 3.8) is 0 Å². The summed E-state index contributed by atoms with van der Waals surface area (Å²) in [6.45, 7) is 0. The highest BCUT2D eigenvalue weighted by molar-refractivity contribution is 6.13. The first-order valence-electron chi connectivity index (χ1n) is 21.2. The van der Waals surface area contributed by atoms with Crippen molar-refractivity contribution in [3.8, 4) is 79.3 Å². The van der Waals surface area contributed by atoms with E-state index in [0.29, 0.717) is 23.0 Å². The predicted octanol–water partition coefficient (Wildman–Crippen LogP) is 14.7. The van der Waals surface area contributed by atoms with Gasteiger partial charge in [-0.05, 0) is 100 Å². The average molecular weight is 818 g/mol. The highest BCUT2D eigenvalue weighted by Gasteiger charge is 2.19. The van der Waals surface area contributed by atoms with E-state index in [-0.39, 0.29) is 0 Å². The Balaban J connectivity index is 1.03. The summed E-state index contributed by atoms with van der Waals surface area (Å²) < 4.78 is 8.94. The average Bonchev–Trinajstić information content (AvgIpc) is 3.92. The van der Waals surface area contributed by atoms with E-state index in [1.54, 1.807) is 0 Å². The zero-order chi connectivity index (χ0) is 42.6. The van der Waals surface area contributed by atoms with Gasteiger partial charge in [0.05, 0.1) is 22.7 Å². The Hall–Kier alpha value is -8.92. The fourth-order valence-corrected chi connectivity index (χ4v) is 9.04. The van der Waals surface area contributed by atoms with E-state index in [9.17, 15) is 5.26 Å². The van der Waals surface area contributed by atoms with E-state index in [4.69, 9.17) is 19.4 Å². The lowest BCUT2D eigenvalue weighted by Gasteiger charge is -2.11. The molecule has 0 saturated heterocycles. The normalized spacial score (nSPS) is 11.4. The molecule has 0 atom stereocenters. The lowest BCUT2D eigenvalue weighted by Crippen LogP contribution is -2.00. The molecule has 6 nitrogen and oxygen atoms in total. The second-order valence-corrected chi connectivity index (χ2v) is 15.9. The SMILES string of the molecule is N#Cc1cccc(-c2cccc(-c3nc(-c4ccc5c(c4)oc4cccc(-c6cccc(-c7ccccc7)c6)c45)nc(-c4ccc5c6ccccc6n(-c6ccccc6)c5c4)n3)c2)c1. The van der Waals surface area contributed by atoms with Gasteiger partial charge in [-0.2, -0.15) is 5.26 Å². The molecule has 12 aromatic rings. The lowest BCUT2D eigenvalue weighted by molar-refractivity contribution is 0.669. The maximum Gasteiger partial charge on any atom is 0.164 e. The Bertz CT molecular complexity index is 3800. The molecule has 3 heterocycles. The van der Waals surface area contributed by atoms with Crippen LogP contribution in [0.25, 0.3) is 117 Å². The van der Waals surface area contributed by atoms with E-state index < -0.39 is 0 Å². The summed E-state index contributed by atoms with van der Waals surface area (Å²) in [7, 11) is 0. The van der Waals surface area contributed by atoms with E-state index in [1.165, 1.54) is 10.9 Å². The molecular weight excluding hydrogens is 783 g/mol. The minimum atomic E-state index is 0.527.